The summed E-state index contributed by atoms with van der Waals surface area (Å²) < 4.78 is 53.0. The van der Waals surface area contributed by atoms with Crippen LogP contribution in [0, 0.1) is 11.6 Å². The Balaban J connectivity index is 2.52. The number of halogens is 4. The first-order chi connectivity index (χ1) is 16.8. The van der Waals surface area contributed by atoms with Gasteiger partial charge < -0.3 is 10.2 Å². The molecule has 0 bridgehead atoms. The monoisotopic (exact) mass is 563 g/mol. The van der Waals surface area contributed by atoms with Gasteiger partial charge in [0.25, 0.3) is 0 Å². The molecule has 2 rings (SSSR count). The molecule has 198 valence electrons. The summed E-state index contributed by atoms with van der Waals surface area (Å²) >= 11 is 12.6. The Morgan fingerprint density at radius 3 is 2.14 bits per heavy atom. The molecule has 0 spiro atoms. The number of carbonyl (C=O) groups is 2. The van der Waals surface area contributed by atoms with Gasteiger partial charge in [-0.25, -0.2) is 17.2 Å². The number of amides is 2. The maximum absolute atomic E-state index is 13.9. The number of sulfonamides is 1. The van der Waals surface area contributed by atoms with Crippen LogP contribution < -0.4 is 9.62 Å². The molecule has 2 aromatic rings. The van der Waals surface area contributed by atoms with Gasteiger partial charge in [-0.2, -0.15) is 0 Å². The first kappa shape index (κ1) is 29.8. The molecule has 0 unspecified atom stereocenters. The van der Waals surface area contributed by atoms with E-state index in [1.54, 1.807) is 25.1 Å². The molecule has 0 aliphatic heterocycles. The number of rotatable bonds is 11. The van der Waals surface area contributed by atoms with E-state index in [4.69, 9.17) is 23.2 Å². The molecule has 0 saturated heterocycles. The summed E-state index contributed by atoms with van der Waals surface area (Å²) in [4.78, 5) is 27.9. The highest BCUT2D eigenvalue weighted by molar-refractivity contribution is 7.92. The molecular weight excluding hydrogens is 535 g/mol. The lowest BCUT2D eigenvalue weighted by molar-refractivity contribution is -0.140. The third-order valence-electron chi connectivity index (χ3n) is 5.65. The van der Waals surface area contributed by atoms with Gasteiger partial charge in [0.05, 0.1) is 11.9 Å². The second kappa shape index (κ2) is 12.7. The van der Waals surface area contributed by atoms with Crippen molar-refractivity contribution in [1.29, 1.82) is 0 Å². The van der Waals surface area contributed by atoms with Gasteiger partial charge in [-0.05, 0) is 44.0 Å². The van der Waals surface area contributed by atoms with Gasteiger partial charge in [0.2, 0.25) is 21.8 Å². The van der Waals surface area contributed by atoms with E-state index in [9.17, 15) is 26.8 Å². The van der Waals surface area contributed by atoms with Crippen molar-refractivity contribution in [2.45, 2.75) is 52.2 Å². The molecule has 12 heteroatoms. The van der Waals surface area contributed by atoms with Crippen LogP contribution in [0.3, 0.4) is 0 Å². The fourth-order valence-corrected chi connectivity index (χ4v) is 4.83. The normalized spacial score (nSPS) is 13.1. The number of nitrogens with zero attached hydrogens (tertiary/aromatic N) is 2. The summed E-state index contributed by atoms with van der Waals surface area (Å²) in [6, 6.07) is 6.14. The Labute approximate surface area is 220 Å². The van der Waals surface area contributed by atoms with Crippen LogP contribution >= 0.6 is 23.2 Å². The zero-order chi connectivity index (χ0) is 27.2. The van der Waals surface area contributed by atoms with Crippen LogP contribution in [0.2, 0.25) is 10.0 Å². The number of carbonyl (C=O) groups excluding carboxylic acids is 2. The molecule has 1 N–H and O–H groups in total. The number of benzene rings is 2. The fourth-order valence-electron chi connectivity index (χ4n) is 3.47. The average molecular weight is 564 g/mol. The minimum absolute atomic E-state index is 0.165. The van der Waals surface area contributed by atoms with Crippen molar-refractivity contribution in [2.24, 2.45) is 0 Å². The lowest BCUT2D eigenvalue weighted by atomic mass is 10.1. The Morgan fingerprint density at radius 1 is 1.03 bits per heavy atom. The van der Waals surface area contributed by atoms with Gasteiger partial charge in [-0.1, -0.05) is 43.1 Å². The smallest absolute Gasteiger partial charge is 0.244 e. The summed E-state index contributed by atoms with van der Waals surface area (Å²) in [5.74, 6) is -3.62. The number of anilines is 1. The molecule has 0 fully saturated rings. The Hall–Kier alpha value is -2.43. The quantitative estimate of drug-likeness (QED) is 0.427. The van der Waals surface area contributed by atoms with E-state index in [2.05, 4.69) is 5.32 Å². The first-order valence-electron chi connectivity index (χ1n) is 11.3. The molecule has 2 aromatic carbocycles. The van der Waals surface area contributed by atoms with Gasteiger partial charge in [0.15, 0.2) is 11.6 Å². The molecule has 0 saturated carbocycles. The van der Waals surface area contributed by atoms with E-state index in [0.717, 1.165) is 18.4 Å². The average Bonchev–Trinajstić information content (AvgIpc) is 2.80. The molecule has 0 radical (unpaired) electrons. The third kappa shape index (κ3) is 7.54. The van der Waals surface area contributed by atoms with Crippen molar-refractivity contribution >= 4 is 50.7 Å². The molecule has 7 nitrogen and oxygen atoms in total. The number of hydrogen-bond donors (Lipinski definition) is 1. The van der Waals surface area contributed by atoms with Crippen LogP contribution in [-0.4, -0.2) is 50.0 Å². The van der Waals surface area contributed by atoms with Gasteiger partial charge >= 0.3 is 0 Å². The topological polar surface area (TPSA) is 86.8 Å². The molecule has 36 heavy (non-hydrogen) atoms. The Kier molecular flexibility index (Phi) is 10.5. The van der Waals surface area contributed by atoms with Crippen LogP contribution in [0.1, 0.15) is 39.2 Å². The van der Waals surface area contributed by atoms with E-state index in [0.29, 0.717) is 22.4 Å². The second-order valence-electron chi connectivity index (χ2n) is 8.33. The second-order valence-corrected chi connectivity index (χ2v) is 11.1. The Bertz CT molecular complexity index is 1190. The van der Waals surface area contributed by atoms with Crippen LogP contribution in [0.4, 0.5) is 14.5 Å². The summed E-state index contributed by atoms with van der Waals surface area (Å²) in [5.41, 5.74) is 0.139. The zero-order valence-corrected chi connectivity index (χ0v) is 22.7. The molecule has 0 aliphatic rings. The van der Waals surface area contributed by atoms with Gasteiger partial charge in [-0.3, -0.25) is 13.9 Å². The maximum atomic E-state index is 13.9. The standard InChI is InChI=1S/C24H29Cl2F2N3O4S/c1-5-15(3)29-24(33)22(6-2)30(13-17-18(25)8-7-9-19(17)26)23(32)14-31(36(4,34)35)16-10-11-20(27)21(28)12-16/h7-12,15,22H,5-6,13-14H2,1-4H3,(H,29,33)/t15-,22+/m1/s1. The largest absolute Gasteiger partial charge is 0.352 e. The first-order valence-corrected chi connectivity index (χ1v) is 13.9. The fraction of sp³-hybridized carbons (Fsp3) is 0.417. The molecule has 0 aromatic heterocycles. The van der Waals surface area contributed by atoms with E-state index in [-0.39, 0.29) is 34.7 Å². The van der Waals surface area contributed by atoms with E-state index in [1.807, 2.05) is 13.8 Å². The summed E-state index contributed by atoms with van der Waals surface area (Å²) in [5, 5.41) is 3.36. The van der Waals surface area contributed by atoms with E-state index < -0.39 is 46.1 Å². The van der Waals surface area contributed by atoms with E-state index >= 15 is 0 Å². The lowest BCUT2D eigenvalue weighted by Crippen LogP contribution is -2.53. The summed E-state index contributed by atoms with van der Waals surface area (Å²) in [6.45, 7) is 4.47. The van der Waals surface area contributed by atoms with Crippen molar-refractivity contribution in [3.05, 3.63) is 63.6 Å². The van der Waals surface area contributed by atoms with Crippen molar-refractivity contribution in [1.82, 2.24) is 10.2 Å². The highest BCUT2D eigenvalue weighted by Gasteiger charge is 2.33. The molecule has 0 aliphatic carbocycles. The predicted octanol–water partition coefficient (Wildman–Crippen LogP) is 4.76. The highest BCUT2D eigenvalue weighted by Crippen LogP contribution is 2.28. The van der Waals surface area contributed by atoms with Crippen LogP contribution in [0.5, 0.6) is 0 Å². The SMILES string of the molecule is CC[C@@H](C)NC(=O)[C@H](CC)N(Cc1c(Cl)cccc1Cl)C(=O)CN(c1ccc(F)c(F)c1)S(C)(=O)=O. The molecule has 0 heterocycles. The Morgan fingerprint density at radius 2 is 1.64 bits per heavy atom. The van der Waals surface area contributed by atoms with Gasteiger partial charge in [-0.15, -0.1) is 0 Å². The van der Waals surface area contributed by atoms with Gasteiger partial charge in [0.1, 0.15) is 12.6 Å². The molecular formula is C24H29Cl2F2N3O4S. The zero-order valence-electron chi connectivity index (χ0n) is 20.4. The van der Waals surface area contributed by atoms with Crippen LogP contribution in [0.25, 0.3) is 0 Å². The molecule has 2 amide bonds. The van der Waals surface area contributed by atoms with Crippen LogP contribution in [0.15, 0.2) is 36.4 Å². The number of nitrogens with one attached hydrogen (secondary N) is 1. The minimum Gasteiger partial charge on any atom is -0.352 e. The minimum atomic E-state index is -4.10. The summed E-state index contributed by atoms with van der Waals surface area (Å²) in [6.07, 6.45) is 1.70. The highest BCUT2D eigenvalue weighted by atomic mass is 35.5. The van der Waals surface area contributed by atoms with E-state index in [1.165, 1.54) is 4.90 Å². The van der Waals surface area contributed by atoms with Crippen molar-refractivity contribution in [3.8, 4) is 0 Å². The maximum Gasteiger partial charge on any atom is 0.244 e. The predicted molar refractivity (Wildman–Crippen MR) is 138 cm³/mol. The van der Waals surface area contributed by atoms with Crippen LogP contribution in [-0.2, 0) is 26.2 Å². The number of hydrogen-bond acceptors (Lipinski definition) is 4. The summed E-state index contributed by atoms with van der Waals surface area (Å²) in [7, 11) is -4.10. The van der Waals surface area contributed by atoms with Gasteiger partial charge in [0, 0.05) is 34.3 Å². The van der Waals surface area contributed by atoms with Crippen molar-refractivity contribution in [2.75, 3.05) is 17.1 Å². The third-order valence-corrected chi connectivity index (χ3v) is 7.50. The molecule has 2 atom stereocenters. The lowest BCUT2D eigenvalue weighted by Gasteiger charge is -2.33. The van der Waals surface area contributed by atoms with Crippen molar-refractivity contribution < 1.29 is 26.8 Å². The van der Waals surface area contributed by atoms with Crippen molar-refractivity contribution in [3.63, 3.8) is 0 Å².